The highest BCUT2D eigenvalue weighted by atomic mass is 19.3. The predicted octanol–water partition coefficient (Wildman–Crippen LogP) is 1.46. The Hall–Kier alpha value is -2.28. The van der Waals surface area contributed by atoms with Crippen molar-refractivity contribution in [2.75, 3.05) is 13.1 Å². The zero-order valence-electron chi connectivity index (χ0n) is 17.0. The lowest BCUT2D eigenvalue weighted by molar-refractivity contribution is -0.129. The molecule has 0 aromatic carbocycles. The van der Waals surface area contributed by atoms with Gasteiger partial charge in [-0.3, -0.25) is 14.5 Å². The van der Waals surface area contributed by atoms with Crippen molar-refractivity contribution in [2.45, 2.75) is 87.4 Å². The molecule has 0 bridgehead atoms. The van der Waals surface area contributed by atoms with E-state index in [1.165, 1.54) is 12.8 Å². The van der Waals surface area contributed by atoms with Gasteiger partial charge in [0.25, 0.3) is 5.91 Å². The number of amides is 2. The summed E-state index contributed by atoms with van der Waals surface area (Å²) in [5.74, 6) is -4.63. The van der Waals surface area contributed by atoms with Crippen LogP contribution < -0.4 is 10.6 Å². The average Bonchev–Trinajstić information content (AvgIpc) is 3.60. The molecule has 0 aromatic rings. The number of oxime groups is 1. The summed E-state index contributed by atoms with van der Waals surface area (Å²) in [6.45, 7) is 2.39. The largest absolute Gasteiger partial charge is 0.387 e. The van der Waals surface area contributed by atoms with E-state index in [0.717, 1.165) is 19.4 Å². The first-order chi connectivity index (χ1) is 14.1. The van der Waals surface area contributed by atoms with Gasteiger partial charge >= 0.3 is 0 Å². The van der Waals surface area contributed by atoms with Crippen LogP contribution >= 0.6 is 0 Å². The van der Waals surface area contributed by atoms with Crippen LogP contribution in [-0.4, -0.2) is 64.7 Å². The summed E-state index contributed by atoms with van der Waals surface area (Å²) in [6, 6.07) is 1.11. The van der Waals surface area contributed by atoms with E-state index in [1.54, 1.807) is 0 Å². The molecule has 164 valence electrons. The first-order valence-electron chi connectivity index (χ1n) is 10.5. The summed E-state index contributed by atoms with van der Waals surface area (Å²) in [4.78, 5) is 33.3. The first kappa shape index (κ1) is 21.0. The van der Waals surface area contributed by atoms with Crippen LogP contribution in [0.5, 0.6) is 0 Å². The first-order valence-corrected chi connectivity index (χ1v) is 10.5. The fraction of sp³-hybridized carbons (Fsp3) is 0.800. The minimum atomic E-state index is -3.16. The summed E-state index contributed by atoms with van der Waals surface area (Å²) in [6.07, 6.45) is 4.45. The summed E-state index contributed by atoms with van der Waals surface area (Å²) in [5, 5.41) is 18.0. The molecule has 4 aliphatic rings. The van der Waals surface area contributed by atoms with Gasteiger partial charge in [0.2, 0.25) is 11.8 Å². The average molecular weight is 423 g/mol. The molecule has 10 heteroatoms. The van der Waals surface area contributed by atoms with Gasteiger partial charge in [-0.1, -0.05) is 5.16 Å². The Morgan fingerprint density at radius 1 is 1.40 bits per heavy atom. The quantitative estimate of drug-likeness (QED) is 0.645. The van der Waals surface area contributed by atoms with Crippen molar-refractivity contribution >= 4 is 17.5 Å². The van der Waals surface area contributed by atoms with Crippen molar-refractivity contribution in [3.8, 4) is 6.07 Å². The van der Waals surface area contributed by atoms with Gasteiger partial charge < -0.3 is 15.5 Å². The van der Waals surface area contributed by atoms with Gasteiger partial charge in [0, 0.05) is 25.4 Å². The van der Waals surface area contributed by atoms with Crippen LogP contribution in [0, 0.1) is 11.3 Å². The molecule has 2 N–H and O–H groups in total. The number of carbonyl (C=O) groups excluding carboxylic acids is 2. The summed E-state index contributed by atoms with van der Waals surface area (Å²) < 4.78 is 27.3. The van der Waals surface area contributed by atoms with Gasteiger partial charge in [-0.2, -0.15) is 5.26 Å². The van der Waals surface area contributed by atoms with Gasteiger partial charge in [0.1, 0.15) is 17.3 Å². The molecule has 3 fully saturated rings. The maximum Gasteiger partial charge on any atom is 0.269 e. The second-order valence-electron chi connectivity index (χ2n) is 9.28. The van der Waals surface area contributed by atoms with Crippen LogP contribution in [0.1, 0.15) is 58.3 Å². The van der Waals surface area contributed by atoms with E-state index in [4.69, 9.17) is 10.1 Å². The Labute approximate surface area is 174 Å². The van der Waals surface area contributed by atoms with Crippen LogP contribution in [0.15, 0.2) is 5.16 Å². The number of nitrogens with zero attached hydrogens (tertiary/aromatic N) is 3. The molecule has 2 unspecified atom stereocenters. The Morgan fingerprint density at radius 3 is 2.73 bits per heavy atom. The molecule has 2 aliphatic carbocycles. The third-order valence-electron chi connectivity index (χ3n) is 6.24. The highest BCUT2D eigenvalue weighted by Gasteiger charge is 2.49. The molecule has 2 aliphatic heterocycles. The number of nitriles is 1. The molecule has 2 heterocycles. The van der Waals surface area contributed by atoms with Gasteiger partial charge in [-0.15, -0.1) is 0 Å². The van der Waals surface area contributed by atoms with Crippen LogP contribution in [0.3, 0.4) is 0 Å². The molecule has 8 nitrogen and oxygen atoms in total. The molecular formula is C20H27F2N5O3. The molecule has 1 saturated heterocycles. The van der Waals surface area contributed by atoms with Crippen molar-refractivity contribution < 1.29 is 23.2 Å². The number of alkyl halides is 2. The number of hydrogen-bond donors (Lipinski definition) is 2. The Balaban J connectivity index is 1.38. The molecule has 30 heavy (non-hydrogen) atoms. The number of nitrogens with one attached hydrogen (secondary N) is 2. The molecule has 1 spiro atoms. The number of halogens is 2. The number of piperidine rings is 1. The minimum Gasteiger partial charge on any atom is -0.387 e. The molecule has 4 rings (SSSR count). The van der Waals surface area contributed by atoms with Crippen LogP contribution in [-0.2, 0) is 14.4 Å². The summed E-state index contributed by atoms with van der Waals surface area (Å²) in [5.41, 5.74) is -1.44. The molecule has 0 radical (unpaired) electrons. The fourth-order valence-electron chi connectivity index (χ4n) is 4.27. The lowest BCUT2D eigenvalue weighted by Crippen LogP contribution is -2.54. The molecule has 2 atom stereocenters. The Kier molecular flexibility index (Phi) is 5.21. The molecule has 0 aromatic heterocycles. The highest BCUT2D eigenvalue weighted by molar-refractivity contribution is 6.39. The topological polar surface area (TPSA) is 107 Å². The van der Waals surface area contributed by atoms with Crippen LogP contribution in [0.25, 0.3) is 0 Å². The SMILES string of the molecule is CC(F)(F)CC(NC(=O)C1=NOC2(CCCN(C3CC3)C2)C1)C(=O)NC1(C#N)CC1. The zero-order chi connectivity index (χ0) is 21.6. The third kappa shape index (κ3) is 4.72. The monoisotopic (exact) mass is 423 g/mol. The van der Waals surface area contributed by atoms with Crippen molar-refractivity contribution in [3.05, 3.63) is 0 Å². The molecular weight excluding hydrogens is 396 g/mol. The highest BCUT2D eigenvalue weighted by Crippen LogP contribution is 2.38. The lowest BCUT2D eigenvalue weighted by atomic mass is 9.88. The summed E-state index contributed by atoms with van der Waals surface area (Å²) in [7, 11) is 0. The number of rotatable bonds is 7. The van der Waals surface area contributed by atoms with E-state index in [9.17, 15) is 18.4 Å². The maximum absolute atomic E-state index is 13.6. The van der Waals surface area contributed by atoms with E-state index < -0.39 is 41.3 Å². The minimum absolute atomic E-state index is 0.117. The molecule has 2 amide bonds. The van der Waals surface area contributed by atoms with E-state index in [-0.39, 0.29) is 5.71 Å². The smallest absolute Gasteiger partial charge is 0.269 e. The van der Waals surface area contributed by atoms with Crippen molar-refractivity contribution in [2.24, 2.45) is 5.16 Å². The Morgan fingerprint density at radius 2 is 2.13 bits per heavy atom. The third-order valence-corrected chi connectivity index (χ3v) is 6.24. The van der Waals surface area contributed by atoms with Crippen molar-refractivity contribution in [1.29, 1.82) is 5.26 Å². The van der Waals surface area contributed by atoms with E-state index in [1.807, 2.05) is 6.07 Å². The Bertz CT molecular complexity index is 797. The van der Waals surface area contributed by atoms with Gasteiger partial charge in [0.15, 0.2) is 5.60 Å². The maximum atomic E-state index is 13.6. The van der Waals surface area contributed by atoms with Crippen molar-refractivity contribution in [3.63, 3.8) is 0 Å². The van der Waals surface area contributed by atoms with Crippen LogP contribution in [0.4, 0.5) is 8.78 Å². The molecule has 2 saturated carbocycles. The van der Waals surface area contributed by atoms with Gasteiger partial charge in [-0.05, 0) is 52.0 Å². The van der Waals surface area contributed by atoms with Gasteiger partial charge in [0.05, 0.1) is 6.07 Å². The van der Waals surface area contributed by atoms with E-state index in [0.29, 0.717) is 38.8 Å². The van der Waals surface area contributed by atoms with Crippen molar-refractivity contribution in [1.82, 2.24) is 15.5 Å². The van der Waals surface area contributed by atoms with Gasteiger partial charge in [-0.25, -0.2) is 8.78 Å². The fourth-order valence-corrected chi connectivity index (χ4v) is 4.27. The predicted molar refractivity (Wildman–Crippen MR) is 103 cm³/mol. The van der Waals surface area contributed by atoms with E-state index in [2.05, 4.69) is 20.7 Å². The second kappa shape index (κ2) is 7.45. The standard InChI is InChI=1S/C20H27F2N5O3/c1-18(21,22)9-14(17(29)25-19(11-23)6-7-19)24-16(28)15-10-20(30-26-15)5-2-8-27(12-20)13-3-4-13/h13-14H,2-10,12H2,1H3,(H,24,28)(H,25,29). The van der Waals surface area contributed by atoms with Crippen LogP contribution in [0.2, 0.25) is 0 Å². The normalized spacial score (nSPS) is 28.8. The number of hydrogen-bond acceptors (Lipinski definition) is 6. The summed E-state index contributed by atoms with van der Waals surface area (Å²) >= 11 is 0. The second-order valence-corrected chi connectivity index (χ2v) is 9.28. The van der Waals surface area contributed by atoms with E-state index >= 15 is 0 Å². The number of carbonyl (C=O) groups is 2. The zero-order valence-corrected chi connectivity index (χ0v) is 17.0. The lowest BCUT2D eigenvalue weighted by Gasteiger charge is -2.38. The number of likely N-dealkylation sites (tertiary alicyclic amines) is 1.